The van der Waals surface area contributed by atoms with E-state index < -0.39 is 29.8 Å². The van der Waals surface area contributed by atoms with Crippen LogP contribution < -0.4 is 0 Å². The molecule has 0 bridgehead atoms. The smallest absolute Gasteiger partial charge is 0.229 e. The summed E-state index contributed by atoms with van der Waals surface area (Å²) >= 11 is 0. The average Bonchev–Trinajstić information content (AvgIpc) is 3.10. The minimum Gasteiger partial charge on any atom is -0.550 e. The van der Waals surface area contributed by atoms with Crippen LogP contribution in [-0.4, -0.2) is 34.9 Å². The van der Waals surface area contributed by atoms with E-state index in [2.05, 4.69) is 87.3 Å². The lowest BCUT2D eigenvalue weighted by Crippen LogP contribution is -2.47. The Kier molecular flexibility index (Phi) is 9.97. The Morgan fingerprint density at radius 2 is 1.74 bits per heavy atom. The molecule has 34 heavy (non-hydrogen) atoms. The van der Waals surface area contributed by atoms with Crippen molar-refractivity contribution >= 4 is 18.1 Å². The van der Waals surface area contributed by atoms with Crippen molar-refractivity contribution in [3.8, 4) is 0 Å². The van der Waals surface area contributed by atoms with Crippen molar-refractivity contribution in [2.75, 3.05) is 0 Å². The molecule has 2 fully saturated rings. The zero-order valence-corrected chi connectivity index (χ0v) is 26.6. The van der Waals surface area contributed by atoms with Gasteiger partial charge in [-0.1, -0.05) is 74.3 Å². The third-order valence-electron chi connectivity index (χ3n) is 8.23. The molecule has 0 radical (unpaired) electrons. The number of aliphatic hydroxyl groups is 1. The maximum absolute atomic E-state index is 11.4. The van der Waals surface area contributed by atoms with Crippen LogP contribution in [0.3, 0.4) is 0 Å². The van der Waals surface area contributed by atoms with Gasteiger partial charge < -0.3 is 14.0 Å². The highest BCUT2D eigenvalue weighted by molar-refractivity contribution is 6.49. The second-order valence-electron chi connectivity index (χ2n) is 13.9. The third kappa shape index (κ3) is 6.69. The fraction of sp³-hybridized carbons (Fsp3) is 0.862. The van der Waals surface area contributed by atoms with Crippen LogP contribution in [0.1, 0.15) is 87.0 Å². The van der Waals surface area contributed by atoms with Crippen molar-refractivity contribution in [2.45, 2.75) is 125 Å². The summed E-state index contributed by atoms with van der Waals surface area (Å²) in [5.41, 5.74) is 0.744. The van der Waals surface area contributed by atoms with E-state index in [0.29, 0.717) is 11.8 Å². The number of hydrogen-bond donors (Lipinski definition) is 1. The summed E-state index contributed by atoms with van der Waals surface area (Å²) in [6.45, 7) is 29.8. The van der Waals surface area contributed by atoms with E-state index in [4.69, 9.17) is 8.85 Å². The number of unbranched alkanes of at least 4 members (excludes halogenated alkanes) is 2. The molecule has 0 heterocycles. The summed E-state index contributed by atoms with van der Waals surface area (Å²) in [5.74, 6) is 2.60. The minimum atomic E-state index is -1.37. The van der Waals surface area contributed by atoms with Gasteiger partial charge in [0.25, 0.3) is 0 Å². The molecular formula is C29H56O3Si2. The highest BCUT2D eigenvalue weighted by atomic mass is 28.3. The van der Waals surface area contributed by atoms with E-state index in [1.807, 2.05) is 0 Å². The molecule has 0 spiro atoms. The van der Waals surface area contributed by atoms with E-state index in [1.165, 1.54) is 31.4 Å². The standard InChI is InChI=1S/C29H56O3Si2/c1-13-14-15-16-21(27(3,4)5)18-24(31-33(9)10)25-22-17-20(2)26(30)29(22,32-34(11)12)19-23(25)28(6,7)8/h18,21-23,25-26,30,33-34H,2,13-17,19H2,1,3-12H3/b24-18+/t21?,22-,23+,25+,26?,29-/m0/s1. The van der Waals surface area contributed by atoms with Gasteiger partial charge in [-0.25, -0.2) is 0 Å². The second kappa shape index (κ2) is 11.4. The highest BCUT2D eigenvalue weighted by Gasteiger charge is 2.65. The molecule has 2 aliphatic carbocycles. The minimum absolute atomic E-state index is 0.103. The van der Waals surface area contributed by atoms with Gasteiger partial charge in [-0.3, -0.25) is 0 Å². The molecule has 2 rings (SSSR count). The van der Waals surface area contributed by atoms with Crippen molar-refractivity contribution in [3.05, 3.63) is 24.0 Å². The molecule has 2 unspecified atom stereocenters. The first kappa shape index (κ1) is 29.9. The van der Waals surface area contributed by atoms with Crippen LogP contribution in [0.2, 0.25) is 26.2 Å². The summed E-state index contributed by atoms with van der Waals surface area (Å²) in [5, 5.41) is 11.4. The van der Waals surface area contributed by atoms with Crippen molar-refractivity contribution in [1.82, 2.24) is 0 Å². The number of allylic oxidation sites excluding steroid dienone is 2. The van der Waals surface area contributed by atoms with E-state index in [0.717, 1.165) is 18.4 Å². The molecular weight excluding hydrogens is 452 g/mol. The van der Waals surface area contributed by atoms with E-state index in [-0.39, 0.29) is 22.7 Å². The van der Waals surface area contributed by atoms with Gasteiger partial charge in [-0.05, 0) is 79.8 Å². The molecule has 0 saturated heterocycles. The van der Waals surface area contributed by atoms with Gasteiger partial charge in [0.05, 0.1) is 11.4 Å². The summed E-state index contributed by atoms with van der Waals surface area (Å²) in [6, 6.07) is 0. The molecule has 0 aromatic carbocycles. The van der Waals surface area contributed by atoms with Gasteiger partial charge in [0, 0.05) is 11.8 Å². The molecule has 0 aromatic heterocycles. The van der Waals surface area contributed by atoms with Crippen LogP contribution in [0.5, 0.6) is 0 Å². The predicted octanol–water partition coefficient (Wildman–Crippen LogP) is 7.47. The lowest BCUT2D eigenvalue weighted by Gasteiger charge is -2.38. The van der Waals surface area contributed by atoms with Crippen LogP contribution >= 0.6 is 0 Å². The average molecular weight is 509 g/mol. The lowest BCUT2D eigenvalue weighted by atomic mass is 9.70. The van der Waals surface area contributed by atoms with Gasteiger partial charge in [-0.15, -0.1) is 0 Å². The van der Waals surface area contributed by atoms with Crippen LogP contribution in [0.15, 0.2) is 24.0 Å². The van der Waals surface area contributed by atoms with E-state index >= 15 is 0 Å². The van der Waals surface area contributed by atoms with Gasteiger partial charge in [0.15, 0.2) is 9.04 Å². The molecule has 0 aromatic rings. The SMILES string of the molecule is C=C1C[C@H]2[C@@H](/C(=C\C(CCCCC)C(C)(C)C)O[SiH](C)C)[C@H](C(C)(C)C)C[C@@]2(O[SiH](C)C)C1O. The number of hydrogen-bond acceptors (Lipinski definition) is 3. The van der Waals surface area contributed by atoms with Gasteiger partial charge in [0.2, 0.25) is 9.04 Å². The Labute approximate surface area is 215 Å². The zero-order valence-electron chi connectivity index (χ0n) is 24.3. The summed E-state index contributed by atoms with van der Waals surface area (Å²) in [4.78, 5) is 0. The van der Waals surface area contributed by atoms with Gasteiger partial charge >= 0.3 is 0 Å². The number of aliphatic hydroxyl groups excluding tert-OH is 1. The Morgan fingerprint density at radius 1 is 1.12 bits per heavy atom. The molecule has 5 heteroatoms. The molecule has 2 aliphatic rings. The monoisotopic (exact) mass is 508 g/mol. The van der Waals surface area contributed by atoms with E-state index in [1.54, 1.807) is 0 Å². The molecule has 1 N–H and O–H groups in total. The largest absolute Gasteiger partial charge is 0.550 e. The number of rotatable bonds is 10. The Balaban J connectivity index is 2.63. The first-order valence-corrected chi connectivity index (χ1v) is 19.5. The lowest BCUT2D eigenvalue weighted by molar-refractivity contribution is -0.0455. The maximum atomic E-state index is 11.4. The normalized spacial score (nSPS) is 31.5. The number of fused-ring (bicyclic) bond motifs is 1. The van der Waals surface area contributed by atoms with Gasteiger partial charge in [-0.2, -0.15) is 0 Å². The van der Waals surface area contributed by atoms with Crippen molar-refractivity contribution < 1.29 is 14.0 Å². The summed E-state index contributed by atoms with van der Waals surface area (Å²) < 4.78 is 13.7. The van der Waals surface area contributed by atoms with Crippen molar-refractivity contribution in [3.63, 3.8) is 0 Å². The Morgan fingerprint density at radius 3 is 2.21 bits per heavy atom. The molecule has 0 aliphatic heterocycles. The van der Waals surface area contributed by atoms with Crippen LogP contribution in [0, 0.1) is 34.5 Å². The van der Waals surface area contributed by atoms with Crippen LogP contribution in [-0.2, 0) is 8.85 Å². The fourth-order valence-electron chi connectivity index (χ4n) is 6.52. The molecule has 6 atom stereocenters. The van der Waals surface area contributed by atoms with Crippen LogP contribution in [0.4, 0.5) is 0 Å². The highest BCUT2D eigenvalue weighted by Crippen LogP contribution is 2.63. The summed E-state index contributed by atoms with van der Waals surface area (Å²) in [7, 11) is -2.69. The molecule has 3 nitrogen and oxygen atoms in total. The topological polar surface area (TPSA) is 38.7 Å². The van der Waals surface area contributed by atoms with E-state index in [9.17, 15) is 5.11 Å². The van der Waals surface area contributed by atoms with Crippen molar-refractivity contribution in [1.29, 1.82) is 0 Å². The zero-order chi connectivity index (χ0) is 26.1. The quantitative estimate of drug-likeness (QED) is 0.144. The first-order chi connectivity index (χ1) is 15.5. The molecule has 0 amide bonds. The molecule has 198 valence electrons. The fourth-order valence-corrected chi connectivity index (χ4v) is 8.58. The Hall–Kier alpha value is -0.366. The predicted molar refractivity (Wildman–Crippen MR) is 152 cm³/mol. The van der Waals surface area contributed by atoms with Crippen LogP contribution in [0.25, 0.3) is 0 Å². The van der Waals surface area contributed by atoms with Gasteiger partial charge in [0.1, 0.15) is 6.10 Å². The Bertz CT molecular complexity index is 716. The molecule has 2 saturated carbocycles. The first-order valence-electron chi connectivity index (χ1n) is 14.0. The third-order valence-corrected chi connectivity index (χ3v) is 9.88. The van der Waals surface area contributed by atoms with Crippen molar-refractivity contribution in [2.24, 2.45) is 34.5 Å². The summed E-state index contributed by atoms with van der Waals surface area (Å²) in [6.07, 6.45) is 8.71. The second-order valence-corrected chi connectivity index (χ2v) is 18.6. The maximum Gasteiger partial charge on any atom is 0.229 e.